The Morgan fingerprint density at radius 2 is 1.75 bits per heavy atom. The Hall–Kier alpha value is -2.15. The standard InChI is InChI=1S/C17H10ClNO3S2/c18-12-5-1-10(2-6-12)9-14-15(20)19(17(23)24-14)13-7-3-11(4-8-13)16(21)22/h1-9H,(H,21,22)/p-1/b14-9+. The largest absolute Gasteiger partial charge is 0.545 e. The maximum atomic E-state index is 12.6. The zero-order valence-corrected chi connectivity index (χ0v) is 14.5. The maximum Gasteiger partial charge on any atom is 0.270 e. The van der Waals surface area contributed by atoms with E-state index in [2.05, 4.69) is 0 Å². The Bertz CT molecular complexity index is 860. The molecule has 2 aromatic carbocycles. The number of aromatic carboxylic acids is 1. The van der Waals surface area contributed by atoms with E-state index in [0.29, 0.717) is 19.9 Å². The van der Waals surface area contributed by atoms with Crippen LogP contribution in [0.25, 0.3) is 6.08 Å². The lowest BCUT2D eigenvalue weighted by Crippen LogP contribution is -2.28. The summed E-state index contributed by atoms with van der Waals surface area (Å²) >= 11 is 12.3. The van der Waals surface area contributed by atoms with Gasteiger partial charge in [0.15, 0.2) is 4.32 Å². The quantitative estimate of drug-likeness (QED) is 0.610. The van der Waals surface area contributed by atoms with Crippen molar-refractivity contribution in [3.8, 4) is 0 Å². The third kappa shape index (κ3) is 3.36. The Balaban J connectivity index is 1.88. The van der Waals surface area contributed by atoms with Crippen LogP contribution in [0.4, 0.5) is 5.69 Å². The van der Waals surface area contributed by atoms with E-state index in [-0.39, 0.29) is 11.5 Å². The van der Waals surface area contributed by atoms with Crippen LogP contribution in [0.3, 0.4) is 0 Å². The lowest BCUT2D eigenvalue weighted by molar-refractivity contribution is -0.255. The Labute approximate surface area is 152 Å². The van der Waals surface area contributed by atoms with Crippen LogP contribution in [0.2, 0.25) is 5.02 Å². The molecule has 24 heavy (non-hydrogen) atoms. The zero-order chi connectivity index (χ0) is 17.3. The number of benzene rings is 2. The van der Waals surface area contributed by atoms with E-state index in [4.69, 9.17) is 23.8 Å². The fraction of sp³-hybridized carbons (Fsp3) is 0. The number of halogens is 1. The van der Waals surface area contributed by atoms with Crippen molar-refractivity contribution in [3.63, 3.8) is 0 Å². The number of nitrogens with zero attached hydrogens (tertiary/aromatic N) is 1. The summed E-state index contributed by atoms with van der Waals surface area (Å²) in [5.74, 6) is -1.52. The second-order valence-corrected chi connectivity index (χ2v) is 7.02. The van der Waals surface area contributed by atoms with Crippen molar-refractivity contribution < 1.29 is 14.7 Å². The summed E-state index contributed by atoms with van der Waals surface area (Å²) in [4.78, 5) is 25.3. The van der Waals surface area contributed by atoms with Gasteiger partial charge in [0, 0.05) is 5.02 Å². The molecule has 1 heterocycles. The van der Waals surface area contributed by atoms with Gasteiger partial charge in [0.1, 0.15) is 0 Å². The number of anilines is 1. The van der Waals surface area contributed by atoms with Gasteiger partial charge in [0.25, 0.3) is 5.91 Å². The van der Waals surface area contributed by atoms with Gasteiger partial charge in [-0.05, 0) is 41.5 Å². The van der Waals surface area contributed by atoms with Crippen LogP contribution in [-0.2, 0) is 4.79 Å². The average molecular weight is 375 g/mol. The van der Waals surface area contributed by atoms with Crippen LogP contribution in [0.1, 0.15) is 15.9 Å². The molecule has 0 radical (unpaired) electrons. The number of hydrogen-bond acceptors (Lipinski definition) is 5. The second kappa shape index (κ2) is 6.76. The minimum atomic E-state index is -1.27. The molecule has 4 nitrogen and oxygen atoms in total. The maximum absolute atomic E-state index is 12.6. The van der Waals surface area contributed by atoms with Gasteiger partial charge in [-0.25, -0.2) is 0 Å². The molecule has 7 heteroatoms. The van der Waals surface area contributed by atoms with E-state index in [0.717, 1.165) is 5.56 Å². The minimum Gasteiger partial charge on any atom is -0.545 e. The van der Waals surface area contributed by atoms with Crippen molar-refractivity contribution in [1.82, 2.24) is 0 Å². The molecular formula is C17H9ClNO3S2-. The van der Waals surface area contributed by atoms with Crippen LogP contribution in [-0.4, -0.2) is 16.2 Å². The number of thiocarbonyl (C=S) groups is 1. The Kier molecular flexibility index (Phi) is 4.71. The van der Waals surface area contributed by atoms with Crippen LogP contribution in [0.5, 0.6) is 0 Å². The summed E-state index contributed by atoms with van der Waals surface area (Å²) in [7, 11) is 0. The number of carboxylic acid groups (broad SMARTS) is 1. The molecule has 0 bridgehead atoms. The fourth-order valence-electron chi connectivity index (χ4n) is 2.15. The average Bonchev–Trinajstić information content (AvgIpc) is 2.83. The minimum absolute atomic E-state index is 0.0425. The highest BCUT2D eigenvalue weighted by Crippen LogP contribution is 2.36. The summed E-state index contributed by atoms with van der Waals surface area (Å²) in [6.07, 6.45) is 1.74. The zero-order valence-electron chi connectivity index (χ0n) is 12.1. The van der Waals surface area contributed by atoms with Crippen molar-refractivity contribution >= 4 is 63.5 Å². The molecule has 1 aliphatic rings. The fourth-order valence-corrected chi connectivity index (χ4v) is 3.57. The predicted octanol–water partition coefficient (Wildman–Crippen LogP) is 3.11. The van der Waals surface area contributed by atoms with Crippen molar-refractivity contribution in [2.24, 2.45) is 0 Å². The van der Waals surface area contributed by atoms with Crippen molar-refractivity contribution in [3.05, 3.63) is 69.6 Å². The number of thioether (sulfide) groups is 1. The number of carboxylic acids is 1. The van der Waals surface area contributed by atoms with Crippen molar-refractivity contribution in [2.75, 3.05) is 4.90 Å². The molecule has 1 saturated heterocycles. The first kappa shape index (κ1) is 16.7. The number of rotatable bonds is 3. The number of amides is 1. The molecule has 2 aromatic rings. The second-order valence-electron chi connectivity index (χ2n) is 4.90. The lowest BCUT2D eigenvalue weighted by atomic mass is 10.2. The summed E-state index contributed by atoms with van der Waals surface area (Å²) in [6.45, 7) is 0. The van der Waals surface area contributed by atoms with Gasteiger partial charge in [-0.3, -0.25) is 9.69 Å². The van der Waals surface area contributed by atoms with Gasteiger partial charge in [0.2, 0.25) is 0 Å². The van der Waals surface area contributed by atoms with Crippen LogP contribution in [0.15, 0.2) is 53.4 Å². The monoisotopic (exact) mass is 374 g/mol. The Morgan fingerprint density at radius 1 is 1.12 bits per heavy atom. The van der Waals surface area contributed by atoms with Gasteiger partial charge in [-0.1, -0.05) is 59.8 Å². The van der Waals surface area contributed by atoms with Gasteiger partial charge in [-0.2, -0.15) is 0 Å². The molecule has 0 spiro atoms. The first-order chi connectivity index (χ1) is 11.5. The van der Waals surface area contributed by atoms with Gasteiger partial charge < -0.3 is 9.90 Å². The highest BCUT2D eigenvalue weighted by molar-refractivity contribution is 8.27. The summed E-state index contributed by atoms with van der Waals surface area (Å²) in [6, 6.07) is 12.9. The normalized spacial score (nSPS) is 16.0. The van der Waals surface area contributed by atoms with Gasteiger partial charge in [-0.15, -0.1) is 0 Å². The molecule has 1 fully saturated rings. The van der Waals surface area contributed by atoms with Crippen molar-refractivity contribution in [2.45, 2.75) is 0 Å². The molecule has 1 aliphatic heterocycles. The Morgan fingerprint density at radius 3 is 2.33 bits per heavy atom. The molecule has 0 aliphatic carbocycles. The molecule has 0 atom stereocenters. The van der Waals surface area contributed by atoms with Gasteiger partial charge in [0.05, 0.1) is 16.6 Å². The SMILES string of the molecule is O=C([O-])c1ccc(N2C(=O)/C(=C\c3ccc(Cl)cc3)SC2=S)cc1. The summed E-state index contributed by atoms with van der Waals surface area (Å²) in [5, 5.41) is 11.4. The molecular weight excluding hydrogens is 366 g/mol. The smallest absolute Gasteiger partial charge is 0.270 e. The number of carbonyl (C=O) groups is 2. The van der Waals surface area contributed by atoms with E-state index >= 15 is 0 Å². The third-order valence-corrected chi connectivity index (χ3v) is 4.88. The highest BCUT2D eigenvalue weighted by atomic mass is 35.5. The van der Waals surface area contributed by atoms with Gasteiger partial charge >= 0.3 is 0 Å². The first-order valence-corrected chi connectivity index (χ1v) is 8.41. The molecule has 3 rings (SSSR count). The molecule has 0 N–H and O–H groups in total. The van der Waals surface area contributed by atoms with E-state index in [1.54, 1.807) is 18.2 Å². The van der Waals surface area contributed by atoms with Crippen molar-refractivity contribution in [1.29, 1.82) is 0 Å². The molecule has 0 saturated carbocycles. The lowest BCUT2D eigenvalue weighted by Gasteiger charge is -2.15. The molecule has 120 valence electrons. The summed E-state index contributed by atoms with van der Waals surface area (Å²) < 4.78 is 0.390. The molecule has 0 unspecified atom stereocenters. The van der Waals surface area contributed by atoms with Crippen LogP contribution in [0, 0.1) is 0 Å². The predicted molar refractivity (Wildman–Crippen MR) is 97.9 cm³/mol. The highest BCUT2D eigenvalue weighted by Gasteiger charge is 2.33. The van der Waals surface area contributed by atoms with Crippen LogP contribution < -0.4 is 10.0 Å². The molecule has 0 aromatic heterocycles. The topological polar surface area (TPSA) is 60.4 Å². The van der Waals surface area contributed by atoms with E-state index in [9.17, 15) is 14.7 Å². The van der Waals surface area contributed by atoms with E-state index < -0.39 is 5.97 Å². The molecule has 1 amide bonds. The number of hydrogen-bond donors (Lipinski definition) is 0. The first-order valence-electron chi connectivity index (χ1n) is 6.80. The summed E-state index contributed by atoms with van der Waals surface area (Å²) in [5.41, 5.74) is 1.40. The third-order valence-electron chi connectivity index (χ3n) is 3.32. The number of carbonyl (C=O) groups excluding carboxylic acids is 2. The van der Waals surface area contributed by atoms with E-state index in [1.807, 2.05) is 12.1 Å². The van der Waals surface area contributed by atoms with Crippen LogP contribution >= 0.6 is 35.6 Å². The van der Waals surface area contributed by atoms with E-state index in [1.165, 1.54) is 40.9 Å².